The number of carbonyl (C=O) groups excluding carboxylic acids is 2. The number of nitrogens with zero attached hydrogens (tertiary/aromatic N) is 3. The van der Waals surface area contributed by atoms with Gasteiger partial charge in [0.1, 0.15) is 5.75 Å². The summed E-state index contributed by atoms with van der Waals surface area (Å²) in [4.78, 5) is 30.8. The van der Waals surface area contributed by atoms with Gasteiger partial charge in [0.25, 0.3) is 5.91 Å². The molecule has 3 aromatic heterocycles. The van der Waals surface area contributed by atoms with Gasteiger partial charge in [0.05, 0.1) is 34.8 Å². The second kappa shape index (κ2) is 9.83. The van der Waals surface area contributed by atoms with E-state index in [1.54, 1.807) is 24.1 Å². The fraction of sp³-hybridized carbons (Fsp3) is 0.250. The van der Waals surface area contributed by atoms with Gasteiger partial charge >= 0.3 is 5.97 Å². The lowest BCUT2D eigenvalue weighted by molar-refractivity contribution is -0.124. The highest BCUT2D eigenvalue weighted by atomic mass is 32.1. The van der Waals surface area contributed by atoms with E-state index < -0.39 is 5.97 Å². The number of hydrogen-bond acceptors (Lipinski definition) is 7. The van der Waals surface area contributed by atoms with Crippen molar-refractivity contribution in [3.63, 3.8) is 0 Å². The monoisotopic (exact) mass is 464 g/mol. The number of nitrogens with one attached hydrogen (secondary N) is 1. The molecule has 0 saturated carbocycles. The second-order valence-electron chi connectivity index (χ2n) is 7.65. The molecule has 4 rings (SSSR count). The quantitative estimate of drug-likeness (QED) is 0.392. The Morgan fingerprint density at radius 3 is 2.64 bits per heavy atom. The van der Waals surface area contributed by atoms with E-state index in [9.17, 15) is 9.59 Å². The Morgan fingerprint density at radius 1 is 1.18 bits per heavy atom. The van der Waals surface area contributed by atoms with Crippen LogP contribution >= 0.6 is 11.3 Å². The average Bonchev–Trinajstić information content (AvgIpc) is 3.51. The van der Waals surface area contributed by atoms with Crippen molar-refractivity contribution in [2.75, 3.05) is 13.7 Å². The SMILES string of the molecule is COc1ccc(CNC(=O)COC(=O)c2cc(-c3cccs3)nc3c2cnn3C(C)C)cc1. The Bertz CT molecular complexity index is 1260. The first-order chi connectivity index (χ1) is 16.0. The Kier molecular flexibility index (Phi) is 6.69. The molecule has 8 nitrogen and oxygen atoms in total. The minimum atomic E-state index is -0.594. The van der Waals surface area contributed by atoms with Crippen LogP contribution < -0.4 is 10.1 Å². The predicted octanol–water partition coefficient (Wildman–Crippen LogP) is 4.22. The molecule has 0 spiro atoms. The molecule has 3 heterocycles. The topological polar surface area (TPSA) is 95.3 Å². The van der Waals surface area contributed by atoms with Crippen LogP contribution in [-0.4, -0.2) is 40.4 Å². The number of rotatable bonds is 8. The first kappa shape index (κ1) is 22.5. The average molecular weight is 465 g/mol. The number of benzene rings is 1. The maximum Gasteiger partial charge on any atom is 0.339 e. The first-order valence-electron chi connectivity index (χ1n) is 10.4. The third-order valence-corrected chi connectivity index (χ3v) is 5.92. The van der Waals surface area contributed by atoms with Crippen LogP contribution in [0, 0.1) is 0 Å². The molecule has 0 aliphatic heterocycles. The van der Waals surface area contributed by atoms with Crippen molar-refractivity contribution in [2.24, 2.45) is 0 Å². The summed E-state index contributed by atoms with van der Waals surface area (Å²) in [6, 6.07) is 13.0. The van der Waals surface area contributed by atoms with E-state index >= 15 is 0 Å². The van der Waals surface area contributed by atoms with Crippen molar-refractivity contribution in [1.29, 1.82) is 0 Å². The number of carbonyl (C=O) groups is 2. The summed E-state index contributed by atoms with van der Waals surface area (Å²) in [6.07, 6.45) is 1.61. The minimum absolute atomic E-state index is 0.0705. The molecular weight excluding hydrogens is 440 g/mol. The van der Waals surface area contributed by atoms with Gasteiger partial charge in [0, 0.05) is 12.6 Å². The molecule has 170 valence electrons. The fourth-order valence-corrected chi connectivity index (χ4v) is 4.01. The van der Waals surface area contributed by atoms with Gasteiger partial charge in [0.15, 0.2) is 12.3 Å². The van der Waals surface area contributed by atoms with Crippen LogP contribution in [0.3, 0.4) is 0 Å². The number of fused-ring (bicyclic) bond motifs is 1. The maximum atomic E-state index is 12.9. The Morgan fingerprint density at radius 2 is 1.97 bits per heavy atom. The van der Waals surface area contributed by atoms with Gasteiger partial charge in [0.2, 0.25) is 0 Å². The number of esters is 1. The Balaban J connectivity index is 1.48. The molecule has 0 fully saturated rings. The zero-order valence-corrected chi connectivity index (χ0v) is 19.4. The molecule has 1 amide bonds. The number of amides is 1. The summed E-state index contributed by atoms with van der Waals surface area (Å²) >= 11 is 1.53. The van der Waals surface area contributed by atoms with E-state index in [-0.39, 0.29) is 18.6 Å². The number of aromatic nitrogens is 3. The molecule has 9 heteroatoms. The molecule has 0 bridgehead atoms. The zero-order valence-electron chi connectivity index (χ0n) is 18.6. The summed E-state index contributed by atoms with van der Waals surface area (Å²) in [6.45, 7) is 3.93. The van der Waals surface area contributed by atoms with Crippen LogP contribution in [0.5, 0.6) is 5.75 Å². The zero-order chi connectivity index (χ0) is 23.4. The summed E-state index contributed by atoms with van der Waals surface area (Å²) in [5.41, 5.74) is 2.51. The highest BCUT2D eigenvalue weighted by molar-refractivity contribution is 7.13. The molecule has 0 aliphatic rings. The molecule has 0 unspecified atom stereocenters. The van der Waals surface area contributed by atoms with E-state index in [1.165, 1.54) is 11.3 Å². The van der Waals surface area contributed by atoms with E-state index in [0.717, 1.165) is 16.2 Å². The summed E-state index contributed by atoms with van der Waals surface area (Å²) < 4.78 is 12.2. The highest BCUT2D eigenvalue weighted by Gasteiger charge is 2.20. The molecule has 4 aromatic rings. The molecular formula is C24H24N4O4S. The number of ether oxygens (including phenoxy) is 2. The Labute approximate surface area is 195 Å². The van der Waals surface area contributed by atoms with E-state index in [1.807, 2.05) is 55.6 Å². The van der Waals surface area contributed by atoms with Gasteiger partial charge in [-0.25, -0.2) is 14.5 Å². The third kappa shape index (κ3) is 5.04. The van der Waals surface area contributed by atoms with Crippen molar-refractivity contribution in [3.8, 4) is 16.3 Å². The van der Waals surface area contributed by atoms with Gasteiger partial charge in [-0.2, -0.15) is 5.10 Å². The van der Waals surface area contributed by atoms with Crippen molar-refractivity contribution in [2.45, 2.75) is 26.4 Å². The molecule has 0 saturated heterocycles. The van der Waals surface area contributed by atoms with Crippen molar-refractivity contribution < 1.29 is 19.1 Å². The van der Waals surface area contributed by atoms with Gasteiger partial charge in [-0.3, -0.25) is 4.79 Å². The minimum Gasteiger partial charge on any atom is -0.497 e. The lowest BCUT2D eigenvalue weighted by Gasteiger charge is -2.10. The predicted molar refractivity (Wildman–Crippen MR) is 126 cm³/mol. The maximum absolute atomic E-state index is 12.9. The van der Waals surface area contributed by atoms with Crippen LogP contribution in [0.1, 0.15) is 35.8 Å². The van der Waals surface area contributed by atoms with Gasteiger partial charge in [-0.1, -0.05) is 18.2 Å². The Hall–Kier alpha value is -3.72. The summed E-state index contributed by atoms with van der Waals surface area (Å²) in [5, 5.41) is 9.68. The first-order valence-corrected chi connectivity index (χ1v) is 11.3. The normalized spacial score (nSPS) is 11.0. The van der Waals surface area contributed by atoms with Crippen LogP contribution in [0.25, 0.3) is 21.6 Å². The molecule has 1 aromatic carbocycles. The summed E-state index contributed by atoms with van der Waals surface area (Å²) in [5.74, 6) is -0.241. The summed E-state index contributed by atoms with van der Waals surface area (Å²) in [7, 11) is 1.60. The number of pyridine rings is 1. The van der Waals surface area contributed by atoms with Crippen molar-refractivity contribution >= 4 is 34.2 Å². The molecule has 33 heavy (non-hydrogen) atoms. The number of hydrogen-bond donors (Lipinski definition) is 1. The van der Waals surface area contributed by atoms with E-state index in [2.05, 4.69) is 10.4 Å². The van der Waals surface area contributed by atoms with Crippen LogP contribution in [0.2, 0.25) is 0 Å². The molecule has 1 N–H and O–H groups in total. The van der Waals surface area contributed by atoms with Gasteiger partial charge in [-0.05, 0) is 49.1 Å². The van der Waals surface area contributed by atoms with E-state index in [0.29, 0.717) is 28.8 Å². The second-order valence-corrected chi connectivity index (χ2v) is 8.60. The van der Waals surface area contributed by atoms with E-state index in [4.69, 9.17) is 14.5 Å². The van der Waals surface area contributed by atoms with Gasteiger partial charge < -0.3 is 14.8 Å². The lowest BCUT2D eigenvalue weighted by atomic mass is 10.1. The number of methoxy groups -OCH3 is 1. The fourth-order valence-electron chi connectivity index (χ4n) is 3.32. The largest absolute Gasteiger partial charge is 0.497 e. The standard InChI is InChI=1S/C24H24N4O4S/c1-15(2)28-23-19(13-26-28)18(11-20(27-23)21-5-4-10-33-21)24(30)32-14-22(29)25-12-16-6-8-17(31-3)9-7-16/h4-11,13,15H,12,14H2,1-3H3,(H,25,29). The van der Waals surface area contributed by atoms with Crippen molar-refractivity contribution in [3.05, 3.63) is 65.2 Å². The van der Waals surface area contributed by atoms with Crippen molar-refractivity contribution in [1.82, 2.24) is 20.1 Å². The molecule has 0 radical (unpaired) electrons. The van der Waals surface area contributed by atoms with Gasteiger partial charge in [-0.15, -0.1) is 11.3 Å². The smallest absolute Gasteiger partial charge is 0.339 e. The number of thiophene rings is 1. The van der Waals surface area contributed by atoms with Crippen LogP contribution in [0.15, 0.2) is 54.0 Å². The third-order valence-electron chi connectivity index (χ3n) is 5.03. The highest BCUT2D eigenvalue weighted by Crippen LogP contribution is 2.29. The van der Waals surface area contributed by atoms with Crippen LogP contribution in [0.4, 0.5) is 0 Å². The molecule has 0 atom stereocenters. The van der Waals surface area contributed by atoms with Crippen LogP contribution in [-0.2, 0) is 16.1 Å². The lowest BCUT2D eigenvalue weighted by Crippen LogP contribution is -2.28. The molecule has 0 aliphatic carbocycles.